The summed E-state index contributed by atoms with van der Waals surface area (Å²) in [6.45, 7) is 4.04. The molecule has 2 N–H and O–H groups in total. The van der Waals surface area contributed by atoms with Crippen molar-refractivity contribution in [1.29, 1.82) is 0 Å². The lowest BCUT2D eigenvalue weighted by Gasteiger charge is -2.18. The molecule has 0 unspecified atom stereocenters. The molecule has 0 aliphatic heterocycles. The summed E-state index contributed by atoms with van der Waals surface area (Å²) in [6, 6.07) is 3.84. The molecule has 0 bridgehead atoms. The van der Waals surface area contributed by atoms with Crippen molar-refractivity contribution in [3.05, 3.63) is 35.3 Å². The highest BCUT2D eigenvalue weighted by Gasteiger charge is 2.18. The zero-order valence-corrected chi connectivity index (χ0v) is 14.8. The van der Waals surface area contributed by atoms with Gasteiger partial charge in [0.15, 0.2) is 0 Å². The molecule has 3 aromatic rings. The monoisotopic (exact) mass is 375 g/mol. The fraction of sp³-hybridized carbons (Fsp3) is 0.312. The van der Waals surface area contributed by atoms with E-state index in [0.717, 1.165) is 26.8 Å². The molecule has 0 saturated carbocycles. The van der Waals surface area contributed by atoms with Crippen molar-refractivity contribution in [3.63, 3.8) is 0 Å². The van der Waals surface area contributed by atoms with Gasteiger partial charge in [-0.3, -0.25) is 0 Å². The Balaban J connectivity index is 2.21. The molecule has 0 saturated heterocycles. The van der Waals surface area contributed by atoms with Gasteiger partial charge < -0.3 is 15.0 Å². The molecular weight excluding hydrogens is 358 g/mol. The van der Waals surface area contributed by atoms with Crippen molar-refractivity contribution < 1.29 is 5.11 Å². The third-order valence-electron chi connectivity index (χ3n) is 3.45. The first-order valence-corrected chi connectivity index (χ1v) is 8.04. The van der Waals surface area contributed by atoms with E-state index < -0.39 is 5.60 Å². The second kappa shape index (κ2) is 5.90. The maximum Gasteiger partial charge on any atom is 0.222 e. The zero-order valence-electron chi connectivity index (χ0n) is 13.2. The van der Waals surface area contributed by atoms with E-state index in [9.17, 15) is 5.11 Å². The van der Waals surface area contributed by atoms with Crippen molar-refractivity contribution in [3.8, 4) is 11.3 Å². The van der Waals surface area contributed by atoms with E-state index in [4.69, 9.17) is 0 Å². The molecule has 0 radical (unpaired) electrons. The van der Waals surface area contributed by atoms with Gasteiger partial charge in [-0.05, 0) is 41.9 Å². The summed E-state index contributed by atoms with van der Waals surface area (Å²) in [6.07, 6.45) is 5.52. The molecule has 0 amide bonds. The first kappa shape index (κ1) is 15.9. The van der Waals surface area contributed by atoms with Crippen molar-refractivity contribution >= 4 is 32.8 Å². The lowest BCUT2D eigenvalue weighted by atomic mass is 10.1. The number of hydrogen-bond acceptors (Lipinski definition) is 5. The number of aliphatic hydroxyl groups is 1. The van der Waals surface area contributed by atoms with E-state index in [1.807, 2.05) is 22.9 Å². The first-order chi connectivity index (χ1) is 10.9. The minimum atomic E-state index is -0.821. The Morgan fingerprint density at radius 1 is 1.35 bits per heavy atom. The Hall–Kier alpha value is -1.99. The number of nitrogens with zero attached hydrogens (tertiary/aromatic N) is 4. The van der Waals surface area contributed by atoms with Crippen LogP contribution in [0.25, 0.3) is 22.2 Å². The Bertz CT molecular complexity index is 853. The molecule has 0 spiro atoms. The summed E-state index contributed by atoms with van der Waals surface area (Å²) < 4.78 is 2.76. The van der Waals surface area contributed by atoms with Crippen LogP contribution < -0.4 is 5.32 Å². The summed E-state index contributed by atoms with van der Waals surface area (Å²) >= 11 is 3.42. The topological polar surface area (TPSA) is 75.9 Å². The van der Waals surface area contributed by atoms with Gasteiger partial charge in [0.25, 0.3) is 0 Å². The average Bonchev–Trinajstić information content (AvgIpc) is 2.83. The van der Waals surface area contributed by atoms with Crippen LogP contribution in [0.15, 0.2) is 35.3 Å². The zero-order chi connectivity index (χ0) is 16.6. The van der Waals surface area contributed by atoms with Crippen LogP contribution in [0.5, 0.6) is 0 Å². The summed E-state index contributed by atoms with van der Waals surface area (Å²) in [5.41, 5.74) is 1.93. The number of halogens is 1. The molecule has 0 aromatic carbocycles. The predicted molar refractivity (Wildman–Crippen MR) is 94.3 cm³/mol. The highest BCUT2D eigenvalue weighted by Crippen LogP contribution is 2.31. The van der Waals surface area contributed by atoms with Crippen LogP contribution in [0.4, 0.5) is 5.95 Å². The number of hydrogen-bond donors (Lipinski definition) is 2. The summed E-state index contributed by atoms with van der Waals surface area (Å²) in [4.78, 5) is 13.0. The molecule has 7 heteroatoms. The minimum Gasteiger partial charge on any atom is -0.389 e. The van der Waals surface area contributed by atoms with Crippen molar-refractivity contribution in [2.75, 3.05) is 12.4 Å². The van der Waals surface area contributed by atoms with Crippen molar-refractivity contribution in [2.45, 2.75) is 26.0 Å². The highest BCUT2D eigenvalue weighted by molar-refractivity contribution is 9.10. The van der Waals surface area contributed by atoms with Gasteiger partial charge in [-0.1, -0.05) is 0 Å². The molecule has 0 aliphatic rings. The van der Waals surface area contributed by atoms with Crippen LogP contribution in [0.3, 0.4) is 0 Å². The van der Waals surface area contributed by atoms with E-state index in [1.54, 1.807) is 33.3 Å². The maximum atomic E-state index is 10.2. The molecule has 3 aromatic heterocycles. The van der Waals surface area contributed by atoms with Crippen molar-refractivity contribution in [2.24, 2.45) is 0 Å². The van der Waals surface area contributed by atoms with Gasteiger partial charge in [0.2, 0.25) is 5.95 Å². The largest absolute Gasteiger partial charge is 0.389 e. The third-order valence-corrected chi connectivity index (χ3v) is 3.88. The average molecular weight is 376 g/mol. The van der Waals surface area contributed by atoms with Crippen LogP contribution in [0.1, 0.15) is 13.8 Å². The van der Waals surface area contributed by atoms with E-state index in [1.165, 1.54) is 0 Å². The van der Waals surface area contributed by atoms with E-state index >= 15 is 0 Å². The van der Waals surface area contributed by atoms with Gasteiger partial charge >= 0.3 is 0 Å². The standard InChI is InChI=1S/C16H18BrN5O/c1-16(2,23)9-22-8-11(10-6-14(17)20-7-13(10)22)12-4-5-19-15(18-3)21-12/h4-8,23H,9H2,1-3H3,(H,18,19,21). The number of fused-ring (bicyclic) bond motifs is 1. The Morgan fingerprint density at radius 3 is 2.83 bits per heavy atom. The van der Waals surface area contributed by atoms with Crippen molar-refractivity contribution in [1.82, 2.24) is 19.5 Å². The Labute approximate surface area is 142 Å². The van der Waals surface area contributed by atoms with Gasteiger partial charge in [-0.2, -0.15) is 0 Å². The summed E-state index contributed by atoms with van der Waals surface area (Å²) in [5.74, 6) is 0.569. The molecule has 3 heterocycles. The fourth-order valence-electron chi connectivity index (χ4n) is 2.54. The SMILES string of the molecule is CNc1nccc(-c2cn(CC(C)(C)O)c3cnc(Br)cc23)n1. The summed E-state index contributed by atoms with van der Waals surface area (Å²) in [7, 11) is 1.79. The molecule has 6 nitrogen and oxygen atoms in total. The number of anilines is 1. The second-order valence-electron chi connectivity index (χ2n) is 6.02. The summed E-state index contributed by atoms with van der Waals surface area (Å²) in [5, 5.41) is 14.1. The van der Waals surface area contributed by atoms with E-state index in [2.05, 4.69) is 36.2 Å². The number of pyridine rings is 1. The molecule has 3 rings (SSSR count). The van der Waals surface area contributed by atoms with Gasteiger partial charge in [0.05, 0.1) is 29.6 Å². The normalized spacial score (nSPS) is 11.9. The van der Waals surface area contributed by atoms with Crippen LogP contribution in [-0.2, 0) is 6.54 Å². The Morgan fingerprint density at radius 2 is 2.13 bits per heavy atom. The Kier molecular flexibility index (Phi) is 4.08. The lowest BCUT2D eigenvalue weighted by Crippen LogP contribution is -2.25. The van der Waals surface area contributed by atoms with Gasteiger partial charge in [-0.15, -0.1) is 0 Å². The van der Waals surface area contributed by atoms with Crippen LogP contribution >= 0.6 is 15.9 Å². The fourth-order valence-corrected chi connectivity index (χ4v) is 2.87. The van der Waals surface area contributed by atoms with Gasteiger partial charge in [0, 0.05) is 30.4 Å². The van der Waals surface area contributed by atoms with Gasteiger partial charge in [0.1, 0.15) is 4.60 Å². The van der Waals surface area contributed by atoms with E-state index in [0.29, 0.717) is 12.5 Å². The number of rotatable bonds is 4. The van der Waals surface area contributed by atoms with Crippen LogP contribution in [0.2, 0.25) is 0 Å². The number of nitrogens with one attached hydrogen (secondary N) is 1. The minimum absolute atomic E-state index is 0.469. The van der Waals surface area contributed by atoms with Gasteiger partial charge in [-0.25, -0.2) is 15.0 Å². The smallest absolute Gasteiger partial charge is 0.222 e. The third kappa shape index (κ3) is 3.35. The second-order valence-corrected chi connectivity index (χ2v) is 6.84. The molecule has 23 heavy (non-hydrogen) atoms. The van der Waals surface area contributed by atoms with E-state index in [-0.39, 0.29) is 0 Å². The number of aromatic nitrogens is 4. The van der Waals surface area contributed by atoms with Crippen LogP contribution in [0, 0.1) is 0 Å². The predicted octanol–water partition coefficient (Wildman–Crippen LogP) is 3.07. The maximum absolute atomic E-state index is 10.2. The molecule has 0 aliphatic carbocycles. The highest BCUT2D eigenvalue weighted by atomic mass is 79.9. The quantitative estimate of drug-likeness (QED) is 0.685. The lowest BCUT2D eigenvalue weighted by molar-refractivity contribution is 0.0628. The molecule has 120 valence electrons. The molecule has 0 fully saturated rings. The first-order valence-electron chi connectivity index (χ1n) is 7.25. The molecular formula is C16H18BrN5O. The molecule has 0 atom stereocenters. The van der Waals surface area contributed by atoms with Crippen LogP contribution in [-0.4, -0.2) is 37.3 Å².